The number of para-hydroxylation sites is 1. The van der Waals surface area contributed by atoms with Gasteiger partial charge in [-0.05, 0) is 57.1 Å². The molecule has 3 amide bonds. The molecule has 37 heavy (non-hydrogen) atoms. The highest BCUT2D eigenvalue weighted by Crippen LogP contribution is 2.31. The lowest BCUT2D eigenvalue weighted by Gasteiger charge is -2.27. The molecule has 4 N–H and O–H groups in total. The smallest absolute Gasteiger partial charge is 0.243 e. The Morgan fingerprint density at radius 1 is 1.22 bits per heavy atom. The van der Waals surface area contributed by atoms with E-state index in [1.54, 1.807) is 0 Å². The van der Waals surface area contributed by atoms with E-state index in [1.165, 1.54) is 13.8 Å². The Balaban J connectivity index is 1.76. The highest BCUT2D eigenvalue weighted by molar-refractivity contribution is 5.94. The molecule has 2 heterocycles. The number of H-pyrrole nitrogens is 1. The van der Waals surface area contributed by atoms with Gasteiger partial charge in [-0.25, -0.2) is 4.39 Å². The summed E-state index contributed by atoms with van der Waals surface area (Å²) >= 11 is 0. The zero-order valence-electron chi connectivity index (χ0n) is 22.1. The number of benzene rings is 1. The Kier molecular flexibility index (Phi) is 9.30. The highest BCUT2D eigenvalue weighted by Gasteiger charge is 2.34. The quantitative estimate of drug-likeness (QED) is 0.345. The summed E-state index contributed by atoms with van der Waals surface area (Å²) in [6, 6.07) is 7.75. The van der Waals surface area contributed by atoms with Crippen molar-refractivity contribution >= 4 is 28.6 Å². The first-order chi connectivity index (χ1) is 17.5. The number of aromatic amines is 1. The average Bonchev–Trinajstić information content (AvgIpc) is 3.44. The predicted octanol–water partition coefficient (Wildman–Crippen LogP) is 3.85. The molecule has 0 radical (unpaired) electrons. The zero-order valence-corrected chi connectivity index (χ0v) is 22.1. The van der Waals surface area contributed by atoms with Gasteiger partial charge in [-0.15, -0.1) is 0 Å². The number of nitrogens with zero attached hydrogens (tertiary/aromatic N) is 1. The maximum atomic E-state index is 14.7. The number of nitrogens with one attached hydrogen (secondary N) is 4. The van der Waals surface area contributed by atoms with Crippen LogP contribution in [0.3, 0.4) is 0 Å². The van der Waals surface area contributed by atoms with Gasteiger partial charge in [0.15, 0.2) is 0 Å². The molecule has 8 nitrogen and oxygen atoms in total. The summed E-state index contributed by atoms with van der Waals surface area (Å²) in [5.41, 5.74) is 0.00416. The van der Waals surface area contributed by atoms with Gasteiger partial charge in [0.25, 0.3) is 0 Å². The lowest BCUT2D eigenvalue weighted by molar-refractivity contribution is -0.131. The molecule has 2 aromatic rings. The first-order valence-electron chi connectivity index (χ1n) is 13.0. The van der Waals surface area contributed by atoms with E-state index in [-0.39, 0.29) is 30.1 Å². The van der Waals surface area contributed by atoms with Gasteiger partial charge < -0.3 is 20.9 Å². The van der Waals surface area contributed by atoms with Crippen LogP contribution in [0.1, 0.15) is 71.3 Å². The lowest BCUT2D eigenvalue weighted by atomic mass is 9.88. The summed E-state index contributed by atoms with van der Waals surface area (Å²) in [5, 5.41) is 18.7. The number of carbonyl (C=O) groups is 3. The molecule has 3 rings (SSSR count). The van der Waals surface area contributed by atoms with Crippen LogP contribution in [0.4, 0.5) is 4.39 Å². The summed E-state index contributed by atoms with van der Waals surface area (Å²) in [5.74, 6) is -1.53. The van der Waals surface area contributed by atoms with Gasteiger partial charge in [-0.1, -0.05) is 32.0 Å². The minimum Gasteiger partial charge on any atom is -0.361 e. The van der Waals surface area contributed by atoms with Crippen LogP contribution in [0.5, 0.6) is 0 Å². The van der Waals surface area contributed by atoms with Crippen LogP contribution < -0.4 is 16.0 Å². The number of halogens is 1. The summed E-state index contributed by atoms with van der Waals surface area (Å²) in [7, 11) is 0. The van der Waals surface area contributed by atoms with Crippen LogP contribution in [0.15, 0.2) is 30.5 Å². The molecule has 200 valence electrons. The minimum atomic E-state index is -1.73. The number of rotatable bonds is 12. The van der Waals surface area contributed by atoms with Crippen molar-refractivity contribution in [1.29, 1.82) is 5.26 Å². The van der Waals surface area contributed by atoms with Crippen LogP contribution in [0.25, 0.3) is 10.9 Å². The minimum absolute atomic E-state index is 0.0409. The molecule has 1 aromatic carbocycles. The van der Waals surface area contributed by atoms with Crippen molar-refractivity contribution in [1.82, 2.24) is 20.9 Å². The topological polar surface area (TPSA) is 127 Å². The molecule has 0 spiro atoms. The van der Waals surface area contributed by atoms with E-state index in [0.29, 0.717) is 32.2 Å². The van der Waals surface area contributed by atoms with E-state index >= 15 is 0 Å². The fraction of sp³-hybridized carbons (Fsp3) is 0.571. The maximum Gasteiger partial charge on any atom is 0.243 e. The number of carbonyl (C=O) groups excluding carboxylic acids is 3. The lowest BCUT2D eigenvalue weighted by Crippen LogP contribution is -2.52. The summed E-state index contributed by atoms with van der Waals surface area (Å²) in [4.78, 5) is 41.8. The third-order valence-corrected chi connectivity index (χ3v) is 6.78. The summed E-state index contributed by atoms with van der Waals surface area (Å²) in [6.07, 6.45) is 3.58. The Labute approximate surface area is 217 Å². The Morgan fingerprint density at radius 3 is 2.57 bits per heavy atom. The third-order valence-electron chi connectivity index (χ3n) is 6.78. The monoisotopic (exact) mass is 511 g/mol. The normalized spacial score (nSPS) is 18.2. The molecule has 4 atom stereocenters. The standard InChI is InChI=1S/C28H38FN5O3/c1-17(2)13-21(22-16-32-23-8-6-5-7-20(22)23)26(36)34-24(14-28(3,4)29)27(37)33-19(15-30)10-9-18-11-12-31-25(18)35/h5-8,16-19,21,24,32H,9-14H2,1-4H3,(H,31,35)(H,33,37)(H,34,36)/t18-,19+,21?,24+/m1/s1. The number of hydrogen-bond donors (Lipinski definition) is 4. The van der Waals surface area contributed by atoms with Crippen LogP contribution in [-0.4, -0.2) is 47.0 Å². The molecule has 1 fully saturated rings. The number of fused-ring (bicyclic) bond motifs is 1. The highest BCUT2D eigenvalue weighted by atomic mass is 19.1. The SMILES string of the molecule is CC(C)CC(C(=O)N[C@@H](CC(C)(C)F)C(=O)N[C@H](C#N)CC[C@@H]1CCNC1=O)c1c[nH]c2ccccc12. The molecule has 9 heteroatoms. The van der Waals surface area contributed by atoms with Crippen molar-refractivity contribution in [3.63, 3.8) is 0 Å². The number of alkyl halides is 1. The molecule has 0 aliphatic carbocycles. The van der Waals surface area contributed by atoms with Gasteiger partial charge >= 0.3 is 0 Å². The van der Waals surface area contributed by atoms with E-state index < -0.39 is 29.6 Å². The number of amides is 3. The second-order valence-electron chi connectivity index (χ2n) is 11.0. The molecule has 1 saturated heterocycles. The summed E-state index contributed by atoms with van der Waals surface area (Å²) in [6.45, 7) is 7.36. The Bertz CT molecular complexity index is 1150. The maximum absolute atomic E-state index is 14.7. The van der Waals surface area contributed by atoms with E-state index in [0.717, 1.165) is 16.5 Å². The third kappa shape index (κ3) is 7.78. The molecule has 0 bridgehead atoms. The van der Waals surface area contributed by atoms with Gasteiger partial charge in [0.1, 0.15) is 17.8 Å². The molecule has 0 saturated carbocycles. The van der Waals surface area contributed by atoms with Gasteiger partial charge in [0.2, 0.25) is 17.7 Å². The number of aromatic nitrogens is 1. The van der Waals surface area contributed by atoms with Crippen LogP contribution >= 0.6 is 0 Å². The fourth-order valence-electron chi connectivity index (χ4n) is 4.93. The molecule has 1 aliphatic heterocycles. The molecular weight excluding hydrogens is 473 g/mol. The van der Waals surface area contributed by atoms with E-state index in [9.17, 15) is 24.0 Å². The Morgan fingerprint density at radius 2 is 1.95 bits per heavy atom. The first kappa shape index (κ1) is 28.2. The second kappa shape index (κ2) is 12.2. The summed E-state index contributed by atoms with van der Waals surface area (Å²) < 4.78 is 14.7. The second-order valence-corrected chi connectivity index (χ2v) is 11.0. The fourth-order valence-corrected chi connectivity index (χ4v) is 4.93. The van der Waals surface area contributed by atoms with Crippen molar-refractivity contribution in [2.75, 3.05) is 6.54 Å². The molecule has 1 aliphatic rings. The van der Waals surface area contributed by atoms with E-state index in [4.69, 9.17) is 0 Å². The van der Waals surface area contributed by atoms with Crippen molar-refractivity contribution < 1.29 is 18.8 Å². The van der Waals surface area contributed by atoms with Gasteiger partial charge in [0.05, 0.1) is 12.0 Å². The van der Waals surface area contributed by atoms with E-state index in [2.05, 4.69) is 27.0 Å². The first-order valence-corrected chi connectivity index (χ1v) is 13.0. The van der Waals surface area contributed by atoms with Gasteiger partial charge in [-0.2, -0.15) is 5.26 Å². The van der Waals surface area contributed by atoms with E-state index in [1.807, 2.05) is 44.3 Å². The predicted molar refractivity (Wildman–Crippen MR) is 140 cm³/mol. The van der Waals surface area contributed by atoms with Crippen molar-refractivity contribution in [3.8, 4) is 6.07 Å². The molecule has 1 unspecified atom stereocenters. The van der Waals surface area contributed by atoms with Crippen LogP contribution in [0, 0.1) is 23.2 Å². The van der Waals surface area contributed by atoms with Crippen molar-refractivity contribution in [3.05, 3.63) is 36.0 Å². The number of hydrogen-bond acceptors (Lipinski definition) is 4. The van der Waals surface area contributed by atoms with Crippen LogP contribution in [-0.2, 0) is 14.4 Å². The van der Waals surface area contributed by atoms with Crippen molar-refractivity contribution in [2.45, 2.75) is 83.5 Å². The van der Waals surface area contributed by atoms with Gasteiger partial charge in [-0.3, -0.25) is 14.4 Å². The largest absolute Gasteiger partial charge is 0.361 e. The molecular formula is C28H38FN5O3. The zero-order chi connectivity index (χ0) is 27.2. The van der Waals surface area contributed by atoms with Crippen LogP contribution in [0.2, 0.25) is 0 Å². The van der Waals surface area contributed by atoms with Crippen molar-refractivity contribution in [2.24, 2.45) is 11.8 Å². The molecule has 1 aromatic heterocycles. The number of nitriles is 1. The Hall–Kier alpha value is -3.41. The average molecular weight is 512 g/mol. The van der Waals surface area contributed by atoms with Gasteiger partial charge in [0, 0.05) is 36.0 Å².